The zero-order valence-electron chi connectivity index (χ0n) is 14.7. The lowest BCUT2D eigenvalue weighted by atomic mass is 9.91. The summed E-state index contributed by atoms with van der Waals surface area (Å²) in [6.07, 6.45) is 3.81. The van der Waals surface area contributed by atoms with E-state index in [9.17, 15) is 0 Å². The highest BCUT2D eigenvalue weighted by molar-refractivity contribution is 5.35. The van der Waals surface area contributed by atoms with E-state index in [1.165, 1.54) is 12.1 Å². The van der Waals surface area contributed by atoms with Crippen molar-refractivity contribution >= 4 is 0 Å². The Hall–Kier alpha value is -1.65. The van der Waals surface area contributed by atoms with Crippen molar-refractivity contribution in [3.8, 4) is 5.69 Å². The van der Waals surface area contributed by atoms with Crippen molar-refractivity contribution in [2.45, 2.75) is 26.4 Å². The van der Waals surface area contributed by atoms with Crippen LogP contribution in [0.4, 0.5) is 0 Å². The van der Waals surface area contributed by atoms with Crippen LogP contribution in [0.3, 0.4) is 0 Å². The van der Waals surface area contributed by atoms with Crippen molar-refractivity contribution in [2.75, 3.05) is 27.2 Å². The first-order valence-corrected chi connectivity index (χ1v) is 8.52. The molecular weight excluding hydrogens is 284 g/mol. The third kappa shape index (κ3) is 3.65. The van der Waals surface area contributed by atoms with Crippen molar-refractivity contribution in [1.29, 1.82) is 0 Å². The molecular formula is C19H28N4. The third-order valence-corrected chi connectivity index (χ3v) is 5.01. The fourth-order valence-electron chi connectivity index (χ4n) is 3.70. The summed E-state index contributed by atoms with van der Waals surface area (Å²) in [5.74, 6) is 1.47. The van der Waals surface area contributed by atoms with Gasteiger partial charge in [0, 0.05) is 38.1 Å². The maximum Gasteiger partial charge on any atom is 0.0648 e. The number of likely N-dealkylation sites (tertiary alicyclic amines) is 1. The van der Waals surface area contributed by atoms with Crippen molar-refractivity contribution in [2.24, 2.45) is 11.8 Å². The van der Waals surface area contributed by atoms with Gasteiger partial charge in [-0.1, -0.05) is 26.0 Å². The number of aromatic nitrogens is 2. The number of hydrogen-bond donors (Lipinski definition) is 0. The van der Waals surface area contributed by atoms with Crippen LogP contribution in [-0.2, 0) is 6.54 Å². The van der Waals surface area contributed by atoms with Crippen molar-refractivity contribution in [3.05, 3.63) is 48.3 Å². The average Bonchev–Trinajstić information content (AvgIpc) is 3.17. The first kappa shape index (κ1) is 16.2. The fourth-order valence-corrected chi connectivity index (χ4v) is 3.70. The first-order chi connectivity index (χ1) is 11.0. The quantitative estimate of drug-likeness (QED) is 0.848. The van der Waals surface area contributed by atoms with Crippen molar-refractivity contribution in [3.63, 3.8) is 0 Å². The van der Waals surface area contributed by atoms with E-state index in [1.54, 1.807) is 0 Å². The van der Waals surface area contributed by atoms with Crippen LogP contribution in [0, 0.1) is 11.8 Å². The van der Waals surface area contributed by atoms with Crippen LogP contribution in [0.2, 0.25) is 0 Å². The maximum atomic E-state index is 4.33. The molecule has 0 aliphatic carbocycles. The molecule has 1 aromatic heterocycles. The Kier molecular flexibility index (Phi) is 4.83. The van der Waals surface area contributed by atoms with Gasteiger partial charge in [-0.15, -0.1) is 0 Å². The highest BCUT2D eigenvalue weighted by atomic mass is 15.3. The summed E-state index contributed by atoms with van der Waals surface area (Å²) in [7, 11) is 4.42. The zero-order chi connectivity index (χ0) is 16.4. The highest BCUT2D eigenvalue weighted by Gasteiger charge is 2.35. The smallest absolute Gasteiger partial charge is 0.0648 e. The summed E-state index contributed by atoms with van der Waals surface area (Å²) in [6, 6.07) is 11.3. The van der Waals surface area contributed by atoms with Crippen LogP contribution in [0.25, 0.3) is 5.69 Å². The van der Waals surface area contributed by atoms with E-state index in [2.05, 4.69) is 67.1 Å². The molecule has 124 valence electrons. The minimum Gasteiger partial charge on any atom is -0.305 e. The minimum atomic E-state index is 0.657. The van der Waals surface area contributed by atoms with Crippen LogP contribution in [0.1, 0.15) is 19.4 Å². The number of likely N-dealkylation sites (N-methyl/N-ethyl adjacent to an activating group) is 1. The van der Waals surface area contributed by atoms with Gasteiger partial charge in [-0.3, -0.25) is 4.90 Å². The topological polar surface area (TPSA) is 24.3 Å². The average molecular weight is 312 g/mol. The lowest BCUT2D eigenvalue weighted by Gasteiger charge is -2.27. The van der Waals surface area contributed by atoms with Crippen LogP contribution in [0.15, 0.2) is 42.7 Å². The molecule has 1 fully saturated rings. The second-order valence-corrected chi connectivity index (χ2v) is 7.25. The van der Waals surface area contributed by atoms with Gasteiger partial charge >= 0.3 is 0 Å². The third-order valence-electron chi connectivity index (χ3n) is 5.01. The molecule has 0 spiro atoms. The van der Waals surface area contributed by atoms with Gasteiger partial charge in [0.25, 0.3) is 0 Å². The first-order valence-electron chi connectivity index (χ1n) is 8.52. The number of benzene rings is 1. The molecule has 0 bridgehead atoms. The van der Waals surface area contributed by atoms with Crippen LogP contribution < -0.4 is 0 Å². The minimum absolute atomic E-state index is 0.657. The molecule has 1 aliphatic rings. The second-order valence-electron chi connectivity index (χ2n) is 7.25. The van der Waals surface area contributed by atoms with E-state index in [0.29, 0.717) is 6.04 Å². The van der Waals surface area contributed by atoms with Gasteiger partial charge in [-0.05, 0) is 49.7 Å². The van der Waals surface area contributed by atoms with E-state index >= 15 is 0 Å². The Morgan fingerprint density at radius 2 is 2.04 bits per heavy atom. The molecule has 0 unspecified atom stereocenters. The van der Waals surface area contributed by atoms with Gasteiger partial charge in [-0.2, -0.15) is 5.10 Å². The van der Waals surface area contributed by atoms with Gasteiger partial charge in [-0.25, -0.2) is 4.68 Å². The molecule has 0 amide bonds. The maximum absolute atomic E-state index is 4.33. The Morgan fingerprint density at radius 1 is 1.22 bits per heavy atom. The highest BCUT2D eigenvalue weighted by Crippen LogP contribution is 2.28. The van der Waals surface area contributed by atoms with Crippen LogP contribution in [0.5, 0.6) is 0 Å². The summed E-state index contributed by atoms with van der Waals surface area (Å²) in [4.78, 5) is 4.99. The molecule has 1 aromatic carbocycles. The van der Waals surface area contributed by atoms with E-state index in [0.717, 1.165) is 30.6 Å². The lowest BCUT2D eigenvalue weighted by molar-refractivity contribution is 0.215. The van der Waals surface area contributed by atoms with E-state index in [1.807, 2.05) is 23.1 Å². The SMILES string of the molecule is CC(C)[C@@H]1CN(Cc2cccc(-n3cccn3)c2)C[C@H]1N(C)C. The van der Waals surface area contributed by atoms with Crippen molar-refractivity contribution in [1.82, 2.24) is 19.6 Å². The molecule has 2 heterocycles. The summed E-state index contributed by atoms with van der Waals surface area (Å²) in [5, 5.41) is 4.33. The molecule has 0 N–H and O–H groups in total. The normalized spacial score (nSPS) is 22.3. The molecule has 2 atom stereocenters. The molecule has 1 aliphatic heterocycles. The zero-order valence-corrected chi connectivity index (χ0v) is 14.7. The summed E-state index contributed by atoms with van der Waals surface area (Å²) < 4.78 is 1.92. The second kappa shape index (κ2) is 6.85. The van der Waals surface area contributed by atoms with E-state index in [4.69, 9.17) is 0 Å². The molecule has 4 heteroatoms. The van der Waals surface area contributed by atoms with E-state index in [-0.39, 0.29) is 0 Å². The Balaban J connectivity index is 1.72. The largest absolute Gasteiger partial charge is 0.305 e. The fraction of sp³-hybridized carbons (Fsp3) is 0.526. The standard InChI is InChI=1S/C19H28N4/c1-15(2)18-13-22(14-19(18)21(3)4)12-16-7-5-8-17(11-16)23-10-6-9-20-23/h5-11,15,18-19H,12-14H2,1-4H3/t18-,19+/m0/s1. The molecule has 0 saturated carbocycles. The molecule has 23 heavy (non-hydrogen) atoms. The lowest BCUT2D eigenvalue weighted by Crippen LogP contribution is -2.37. The van der Waals surface area contributed by atoms with Crippen LogP contribution >= 0.6 is 0 Å². The van der Waals surface area contributed by atoms with E-state index < -0.39 is 0 Å². The van der Waals surface area contributed by atoms with Gasteiger partial charge in [0.05, 0.1) is 5.69 Å². The number of nitrogens with zero attached hydrogens (tertiary/aromatic N) is 4. The molecule has 3 rings (SSSR count). The molecule has 0 radical (unpaired) electrons. The predicted molar refractivity (Wildman–Crippen MR) is 94.6 cm³/mol. The monoisotopic (exact) mass is 312 g/mol. The molecule has 4 nitrogen and oxygen atoms in total. The Labute approximate surface area is 139 Å². The summed E-state index contributed by atoms with van der Waals surface area (Å²) in [5.41, 5.74) is 2.50. The Morgan fingerprint density at radius 3 is 2.65 bits per heavy atom. The van der Waals surface area contributed by atoms with Gasteiger partial charge in [0.15, 0.2) is 0 Å². The Bertz CT molecular complexity index is 602. The molecule has 2 aromatic rings. The van der Waals surface area contributed by atoms with Gasteiger partial charge in [0.1, 0.15) is 0 Å². The summed E-state index contributed by atoms with van der Waals surface area (Å²) >= 11 is 0. The van der Waals surface area contributed by atoms with Crippen LogP contribution in [-0.4, -0.2) is 52.8 Å². The molecule has 1 saturated heterocycles. The number of hydrogen-bond acceptors (Lipinski definition) is 3. The van der Waals surface area contributed by atoms with Crippen molar-refractivity contribution < 1.29 is 0 Å². The van der Waals surface area contributed by atoms with Gasteiger partial charge in [0.2, 0.25) is 0 Å². The number of rotatable bonds is 5. The van der Waals surface area contributed by atoms with Gasteiger partial charge < -0.3 is 4.90 Å². The summed E-state index contributed by atoms with van der Waals surface area (Å²) in [6.45, 7) is 8.06. The predicted octanol–water partition coefficient (Wildman–Crippen LogP) is 2.89.